The van der Waals surface area contributed by atoms with Crippen LogP contribution in [0.2, 0.25) is 0 Å². The van der Waals surface area contributed by atoms with E-state index in [1.807, 2.05) is 29.2 Å². The van der Waals surface area contributed by atoms with Gasteiger partial charge in [-0.3, -0.25) is 9.89 Å². The van der Waals surface area contributed by atoms with Crippen molar-refractivity contribution in [3.8, 4) is 34.5 Å². The zero-order chi connectivity index (χ0) is 22.8. The van der Waals surface area contributed by atoms with Crippen LogP contribution in [0.4, 0.5) is 0 Å². The number of benzene rings is 1. The maximum Gasteiger partial charge on any atom is 0.275 e. The fraction of sp³-hybridized carbons (Fsp3) is 0.304. The van der Waals surface area contributed by atoms with Gasteiger partial charge in [0.25, 0.3) is 5.89 Å². The first kappa shape index (κ1) is 20.8. The highest BCUT2D eigenvalue weighted by atomic mass is 16.5. The average Bonchev–Trinajstić information content (AvgIpc) is 3.63. The Balaban J connectivity index is 1.23. The van der Waals surface area contributed by atoms with Gasteiger partial charge in [-0.15, -0.1) is 0 Å². The van der Waals surface area contributed by atoms with E-state index >= 15 is 0 Å². The molecular weight excluding hydrogens is 426 g/mol. The molecule has 10 heteroatoms. The van der Waals surface area contributed by atoms with Crippen molar-refractivity contribution >= 4 is 5.91 Å². The second-order valence-corrected chi connectivity index (χ2v) is 7.78. The third kappa shape index (κ3) is 4.19. The molecule has 1 N–H and O–H groups in total. The molecule has 0 bridgehead atoms. The number of carbonyl (C=O) groups excluding carboxylic acids is 1. The Bertz CT molecular complexity index is 1250. The van der Waals surface area contributed by atoms with Gasteiger partial charge in [0.1, 0.15) is 11.4 Å². The minimum Gasteiger partial charge on any atom is -0.493 e. The number of hydrogen-bond acceptors (Lipinski definition) is 8. The van der Waals surface area contributed by atoms with Crippen molar-refractivity contribution in [1.29, 1.82) is 0 Å². The van der Waals surface area contributed by atoms with E-state index in [9.17, 15) is 4.79 Å². The van der Waals surface area contributed by atoms with E-state index in [2.05, 4.69) is 20.3 Å². The second-order valence-electron chi connectivity index (χ2n) is 7.78. The molecule has 1 fully saturated rings. The van der Waals surface area contributed by atoms with Gasteiger partial charge in [0.05, 0.1) is 20.5 Å². The summed E-state index contributed by atoms with van der Waals surface area (Å²) in [5.41, 5.74) is 2.30. The molecule has 10 nitrogen and oxygen atoms in total. The molecule has 1 saturated heterocycles. The molecule has 1 aliphatic heterocycles. The maximum absolute atomic E-state index is 12.6. The number of likely N-dealkylation sites (tertiary alicyclic amines) is 1. The standard InChI is InChI=1S/C23H23N5O5/c1-30-19-6-5-14(10-20(19)31-2)7-8-28-13-15(11-21(28)29)22-24-23(33-27-22)17-12-16(25-26-17)18-4-3-9-32-18/h3-6,9-10,12,15H,7-8,11,13H2,1-2H3,(H,25,26). The van der Waals surface area contributed by atoms with Crippen LogP contribution < -0.4 is 9.47 Å². The number of aromatic amines is 1. The molecule has 3 aromatic heterocycles. The first-order valence-electron chi connectivity index (χ1n) is 10.6. The van der Waals surface area contributed by atoms with Crippen LogP contribution in [-0.2, 0) is 11.2 Å². The van der Waals surface area contributed by atoms with Gasteiger partial charge in [0.2, 0.25) is 5.91 Å². The van der Waals surface area contributed by atoms with E-state index in [0.717, 1.165) is 5.56 Å². The van der Waals surface area contributed by atoms with Crippen LogP contribution >= 0.6 is 0 Å². The molecule has 170 valence electrons. The summed E-state index contributed by atoms with van der Waals surface area (Å²) in [5, 5.41) is 11.2. The summed E-state index contributed by atoms with van der Waals surface area (Å²) in [5.74, 6) is 2.80. The molecule has 1 amide bonds. The van der Waals surface area contributed by atoms with Crippen molar-refractivity contribution in [1.82, 2.24) is 25.2 Å². The van der Waals surface area contributed by atoms with Crippen molar-refractivity contribution in [3.05, 3.63) is 54.0 Å². The topological polar surface area (TPSA) is 120 Å². The average molecular weight is 449 g/mol. The summed E-state index contributed by atoms with van der Waals surface area (Å²) in [4.78, 5) is 18.9. The fourth-order valence-electron chi connectivity index (χ4n) is 3.95. The normalized spacial score (nSPS) is 15.9. The molecule has 5 rings (SSSR count). The lowest BCUT2D eigenvalue weighted by Gasteiger charge is -2.16. The highest BCUT2D eigenvalue weighted by Crippen LogP contribution is 2.30. The Labute approximate surface area is 189 Å². The van der Waals surface area contributed by atoms with Gasteiger partial charge in [-0.05, 0) is 36.2 Å². The number of methoxy groups -OCH3 is 2. The second kappa shape index (κ2) is 8.81. The summed E-state index contributed by atoms with van der Waals surface area (Å²) in [6.07, 6.45) is 2.65. The van der Waals surface area contributed by atoms with Crippen LogP contribution in [0.5, 0.6) is 11.5 Å². The number of nitrogens with zero attached hydrogens (tertiary/aromatic N) is 4. The van der Waals surface area contributed by atoms with Gasteiger partial charge in [-0.2, -0.15) is 10.1 Å². The van der Waals surface area contributed by atoms with Crippen LogP contribution in [0.25, 0.3) is 23.0 Å². The first-order valence-corrected chi connectivity index (χ1v) is 10.6. The Morgan fingerprint density at radius 3 is 2.85 bits per heavy atom. The molecule has 4 aromatic rings. The predicted molar refractivity (Wildman–Crippen MR) is 117 cm³/mol. The van der Waals surface area contributed by atoms with E-state index in [1.165, 1.54) is 0 Å². The van der Waals surface area contributed by atoms with Gasteiger partial charge >= 0.3 is 0 Å². The monoisotopic (exact) mass is 449 g/mol. The lowest BCUT2D eigenvalue weighted by Crippen LogP contribution is -2.27. The lowest BCUT2D eigenvalue weighted by atomic mass is 10.1. The summed E-state index contributed by atoms with van der Waals surface area (Å²) in [6, 6.07) is 11.2. The van der Waals surface area contributed by atoms with Crippen molar-refractivity contribution in [2.45, 2.75) is 18.8 Å². The third-order valence-corrected chi connectivity index (χ3v) is 5.72. The molecule has 1 aromatic carbocycles. The molecule has 1 atom stereocenters. The van der Waals surface area contributed by atoms with Gasteiger partial charge in [0, 0.05) is 31.5 Å². The number of H-pyrrole nitrogens is 1. The highest BCUT2D eigenvalue weighted by molar-refractivity contribution is 5.79. The van der Waals surface area contributed by atoms with Crippen molar-refractivity contribution in [2.75, 3.05) is 27.3 Å². The van der Waals surface area contributed by atoms with Gasteiger partial charge in [-0.25, -0.2) is 0 Å². The van der Waals surface area contributed by atoms with Crippen molar-refractivity contribution in [3.63, 3.8) is 0 Å². The molecule has 1 aliphatic rings. The number of aromatic nitrogens is 4. The fourth-order valence-corrected chi connectivity index (χ4v) is 3.95. The summed E-state index contributed by atoms with van der Waals surface area (Å²) in [7, 11) is 3.21. The zero-order valence-electron chi connectivity index (χ0n) is 18.3. The third-order valence-electron chi connectivity index (χ3n) is 5.72. The minimum absolute atomic E-state index is 0.0773. The molecule has 4 heterocycles. The maximum atomic E-state index is 12.6. The number of rotatable bonds is 8. The Morgan fingerprint density at radius 1 is 1.18 bits per heavy atom. The Hall–Kier alpha value is -4.08. The summed E-state index contributed by atoms with van der Waals surface area (Å²) < 4.78 is 21.4. The van der Waals surface area contributed by atoms with Gasteiger partial charge < -0.3 is 23.3 Å². The van der Waals surface area contributed by atoms with Crippen LogP contribution in [0.1, 0.15) is 23.7 Å². The number of hydrogen-bond donors (Lipinski definition) is 1. The quantitative estimate of drug-likeness (QED) is 0.435. The molecule has 1 unspecified atom stereocenters. The van der Waals surface area contributed by atoms with Crippen LogP contribution in [0.3, 0.4) is 0 Å². The van der Waals surface area contributed by atoms with E-state index in [1.54, 1.807) is 32.6 Å². The lowest BCUT2D eigenvalue weighted by molar-refractivity contribution is -0.127. The molecular formula is C23H23N5O5. The van der Waals surface area contributed by atoms with Gasteiger partial charge in [-0.1, -0.05) is 11.2 Å². The number of ether oxygens (including phenoxy) is 2. The zero-order valence-corrected chi connectivity index (χ0v) is 18.3. The number of nitrogens with one attached hydrogen (secondary N) is 1. The highest BCUT2D eigenvalue weighted by Gasteiger charge is 2.33. The number of amides is 1. The van der Waals surface area contributed by atoms with Crippen molar-refractivity contribution in [2.24, 2.45) is 0 Å². The van der Waals surface area contributed by atoms with Crippen molar-refractivity contribution < 1.29 is 23.2 Å². The van der Waals surface area contributed by atoms with Crippen LogP contribution in [0, 0.1) is 0 Å². The van der Waals surface area contributed by atoms with E-state index in [-0.39, 0.29) is 11.8 Å². The largest absolute Gasteiger partial charge is 0.493 e. The predicted octanol–water partition coefficient (Wildman–Crippen LogP) is 3.30. The van der Waals surface area contributed by atoms with Gasteiger partial charge in [0.15, 0.2) is 23.1 Å². The molecule has 0 saturated carbocycles. The van der Waals surface area contributed by atoms with E-state index in [4.69, 9.17) is 18.4 Å². The number of furan rings is 1. The smallest absolute Gasteiger partial charge is 0.275 e. The molecule has 0 spiro atoms. The molecule has 0 aliphatic carbocycles. The SMILES string of the molecule is COc1ccc(CCN2CC(c3noc(-c4cc(-c5ccco5)n[nH]4)n3)CC2=O)cc1OC. The number of carbonyl (C=O) groups is 1. The Morgan fingerprint density at radius 2 is 2.06 bits per heavy atom. The molecule has 33 heavy (non-hydrogen) atoms. The van der Waals surface area contributed by atoms with Crippen LogP contribution in [-0.4, -0.2) is 58.5 Å². The van der Waals surface area contributed by atoms with Crippen LogP contribution in [0.15, 0.2) is 51.6 Å². The summed E-state index contributed by atoms with van der Waals surface area (Å²) in [6.45, 7) is 1.15. The molecule has 0 radical (unpaired) electrons. The van der Waals surface area contributed by atoms with E-state index in [0.29, 0.717) is 66.3 Å². The summed E-state index contributed by atoms with van der Waals surface area (Å²) >= 11 is 0. The first-order chi connectivity index (χ1) is 16.1. The van der Waals surface area contributed by atoms with E-state index < -0.39 is 0 Å². The minimum atomic E-state index is -0.118. The Kier molecular flexibility index (Phi) is 5.55.